The van der Waals surface area contributed by atoms with E-state index in [9.17, 15) is 4.91 Å². The van der Waals surface area contributed by atoms with Gasteiger partial charge in [-0.15, -0.1) is 0 Å². The monoisotopic (exact) mass is 162 g/mol. The van der Waals surface area contributed by atoms with Crippen LogP contribution in [0.3, 0.4) is 0 Å². The normalized spacial score (nSPS) is 13.1. The minimum absolute atomic E-state index is 0.273. The van der Waals surface area contributed by atoms with Gasteiger partial charge in [0.15, 0.2) is 0 Å². The first-order chi connectivity index (χ1) is 5.83. The molecule has 12 heavy (non-hydrogen) atoms. The van der Waals surface area contributed by atoms with Crippen molar-refractivity contribution in [2.75, 3.05) is 0 Å². The molecule has 1 aromatic heterocycles. The van der Waals surface area contributed by atoms with Crippen LogP contribution in [0.25, 0.3) is 6.08 Å². The molecule has 0 saturated heterocycles. The summed E-state index contributed by atoms with van der Waals surface area (Å²) in [6, 6.07) is 3.49. The number of nitroso groups, excluding NO2 is 1. The number of pyridine rings is 1. The summed E-state index contributed by atoms with van der Waals surface area (Å²) in [7, 11) is 0. The van der Waals surface area contributed by atoms with Crippen molar-refractivity contribution in [2.24, 2.45) is 5.18 Å². The molecule has 1 unspecified atom stereocenters. The molecule has 0 saturated carbocycles. The van der Waals surface area contributed by atoms with Crippen molar-refractivity contribution < 1.29 is 0 Å². The van der Waals surface area contributed by atoms with Gasteiger partial charge in [0.1, 0.15) is 6.04 Å². The van der Waals surface area contributed by atoms with E-state index in [2.05, 4.69) is 10.2 Å². The lowest BCUT2D eigenvalue weighted by molar-refractivity contribution is 0.920. The molecule has 0 radical (unpaired) electrons. The molecule has 0 fully saturated rings. The Morgan fingerprint density at radius 1 is 1.67 bits per heavy atom. The Hall–Kier alpha value is -1.51. The smallest absolute Gasteiger partial charge is 0.107 e. The zero-order valence-electron chi connectivity index (χ0n) is 6.84. The van der Waals surface area contributed by atoms with Crippen LogP contribution in [-0.4, -0.2) is 11.0 Å². The van der Waals surface area contributed by atoms with Crippen molar-refractivity contribution in [1.29, 1.82) is 0 Å². The fourth-order valence-electron chi connectivity index (χ4n) is 0.760. The molecule has 3 nitrogen and oxygen atoms in total. The number of aromatic nitrogens is 1. The predicted octanol–water partition coefficient (Wildman–Crippen LogP) is 2.25. The minimum atomic E-state index is -0.273. The third kappa shape index (κ3) is 2.62. The van der Waals surface area contributed by atoms with Crippen molar-refractivity contribution >= 4 is 6.08 Å². The van der Waals surface area contributed by atoms with Gasteiger partial charge < -0.3 is 0 Å². The molecule has 0 aromatic carbocycles. The maximum absolute atomic E-state index is 10.0. The van der Waals surface area contributed by atoms with Crippen molar-refractivity contribution in [3.8, 4) is 0 Å². The quantitative estimate of drug-likeness (QED) is 0.639. The van der Waals surface area contributed by atoms with Crippen molar-refractivity contribution in [2.45, 2.75) is 13.0 Å². The van der Waals surface area contributed by atoms with E-state index in [1.807, 2.05) is 18.2 Å². The first-order valence-electron chi connectivity index (χ1n) is 3.73. The molecule has 0 aliphatic rings. The van der Waals surface area contributed by atoms with Crippen molar-refractivity contribution in [3.05, 3.63) is 41.1 Å². The molecule has 0 spiro atoms. The van der Waals surface area contributed by atoms with Crippen LogP contribution in [0.4, 0.5) is 0 Å². The van der Waals surface area contributed by atoms with Gasteiger partial charge in [-0.3, -0.25) is 4.98 Å². The number of hydrogen-bond donors (Lipinski definition) is 0. The van der Waals surface area contributed by atoms with Gasteiger partial charge in [0.25, 0.3) is 0 Å². The van der Waals surface area contributed by atoms with Gasteiger partial charge in [0, 0.05) is 12.4 Å². The van der Waals surface area contributed by atoms with Gasteiger partial charge in [0.2, 0.25) is 0 Å². The third-order valence-corrected chi connectivity index (χ3v) is 1.42. The average molecular weight is 162 g/mol. The average Bonchev–Trinajstić information content (AvgIpc) is 2.16. The van der Waals surface area contributed by atoms with Crippen molar-refractivity contribution in [1.82, 2.24) is 4.98 Å². The van der Waals surface area contributed by atoms with E-state index < -0.39 is 0 Å². The highest BCUT2D eigenvalue weighted by Gasteiger charge is 1.91. The third-order valence-electron chi connectivity index (χ3n) is 1.42. The Balaban J connectivity index is 2.63. The molecular formula is C9H10N2O. The minimum Gasteiger partial charge on any atom is -0.264 e. The van der Waals surface area contributed by atoms with Crippen LogP contribution in [0.2, 0.25) is 0 Å². The lowest BCUT2D eigenvalue weighted by atomic mass is 10.2. The van der Waals surface area contributed by atoms with Gasteiger partial charge in [-0.2, -0.15) is 4.91 Å². The number of nitrogens with zero attached hydrogens (tertiary/aromatic N) is 2. The summed E-state index contributed by atoms with van der Waals surface area (Å²) >= 11 is 0. The molecule has 0 bridgehead atoms. The van der Waals surface area contributed by atoms with E-state index >= 15 is 0 Å². The highest BCUT2D eigenvalue weighted by Crippen LogP contribution is 2.01. The van der Waals surface area contributed by atoms with E-state index in [0.29, 0.717) is 0 Å². The lowest BCUT2D eigenvalue weighted by Gasteiger charge is -1.92. The van der Waals surface area contributed by atoms with E-state index in [4.69, 9.17) is 0 Å². The Bertz CT molecular complexity index is 269. The Labute approximate surface area is 71.1 Å². The van der Waals surface area contributed by atoms with Gasteiger partial charge in [0.05, 0.1) is 0 Å². The van der Waals surface area contributed by atoms with E-state index in [1.165, 1.54) is 0 Å². The molecule has 0 amide bonds. The first-order valence-corrected chi connectivity index (χ1v) is 3.73. The maximum Gasteiger partial charge on any atom is 0.107 e. The summed E-state index contributed by atoms with van der Waals surface area (Å²) < 4.78 is 0. The van der Waals surface area contributed by atoms with Crippen molar-refractivity contribution in [3.63, 3.8) is 0 Å². The SMILES string of the molecule is CC(C=Cc1cccnc1)N=O. The largest absolute Gasteiger partial charge is 0.264 e. The zero-order valence-corrected chi connectivity index (χ0v) is 6.84. The van der Waals surface area contributed by atoms with Crippen LogP contribution in [0.5, 0.6) is 0 Å². The molecule has 1 atom stereocenters. The predicted molar refractivity (Wildman–Crippen MR) is 48.5 cm³/mol. The molecule has 1 rings (SSSR count). The standard InChI is InChI=1S/C9H10N2O/c1-8(11-12)4-5-9-3-2-6-10-7-9/h2-8H,1H3. The van der Waals surface area contributed by atoms with Gasteiger partial charge in [-0.25, -0.2) is 0 Å². The molecule has 0 aliphatic carbocycles. The summed E-state index contributed by atoms with van der Waals surface area (Å²) in [5, 5.41) is 2.85. The van der Waals surface area contributed by atoms with Gasteiger partial charge in [-0.1, -0.05) is 23.4 Å². The van der Waals surface area contributed by atoms with Crippen LogP contribution in [0, 0.1) is 4.91 Å². The maximum atomic E-state index is 10.0. The molecule has 62 valence electrons. The molecule has 1 aromatic rings. The molecule has 1 heterocycles. The van der Waals surface area contributed by atoms with Crippen LogP contribution < -0.4 is 0 Å². The van der Waals surface area contributed by atoms with Crippen LogP contribution in [0.15, 0.2) is 35.8 Å². The van der Waals surface area contributed by atoms with Crippen LogP contribution >= 0.6 is 0 Å². The molecule has 0 aliphatic heterocycles. The lowest BCUT2D eigenvalue weighted by Crippen LogP contribution is -1.87. The summed E-state index contributed by atoms with van der Waals surface area (Å²) in [6.07, 6.45) is 7.01. The fourth-order valence-corrected chi connectivity index (χ4v) is 0.760. The number of hydrogen-bond acceptors (Lipinski definition) is 3. The van der Waals surface area contributed by atoms with Gasteiger partial charge in [-0.05, 0) is 18.6 Å². The molecular weight excluding hydrogens is 152 g/mol. The first kappa shape index (κ1) is 8.59. The summed E-state index contributed by atoms with van der Waals surface area (Å²) in [5.41, 5.74) is 0.980. The molecule has 0 N–H and O–H groups in total. The van der Waals surface area contributed by atoms with Crippen LogP contribution in [0.1, 0.15) is 12.5 Å². The summed E-state index contributed by atoms with van der Waals surface area (Å²) in [5.74, 6) is 0. The topological polar surface area (TPSA) is 42.3 Å². The van der Waals surface area contributed by atoms with Gasteiger partial charge >= 0.3 is 0 Å². The Kier molecular flexibility index (Phi) is 3.14. The second-order valence-electron chi connectivity index (χ2n) is 2.49. The van der Waals surface area contributed by atoms with Crippen LogP contribution in [-0.2, 0) is 0 Å². The molecule has 3 heteroatoms. The highest BCUT2D eigenvalue weighted by molar-refractivity contribution is 5.47. The van der Waals surface area contributed by atoms with E-state index in [0.717, 1.165) is 5.56 Å². The second kappa shape index (κ2) is 4.38. The zero-order chi connectivity index (χ0) is 8.81. The summed E-state index contributed by atoms with van der Waals surface area (Å²) in [6.45, 7) is 1.74. The highest BCUT2D eigenvalue weighted by atomic mass is 16.3. The number of rotatable bonds is 3. The summed E-state index contributed by atoms with van der Waals surface area (Å²) in [4.78, 5) is 13.9. The Morgan fingerprint density at radius 3 is 3.08 bits per heavy atom. The van der Waals surface area contributed by atoms with E-state index in [1.54, 1.807) is 25.4 Å². The Morgan fingerprint density at radius 2 is 2.50 bits per heavy atom. The second-order valence-corrected chi connectivity index (χ2v) is 2.49. The van der Waals surface area contributed by atoms with E-state index in [-0.39, 0.29) is 6.04 Å². The fraction of sp³-hybridized carbons (Fsp3) is 0.222.